The highest BCUT2D eigenvalue weighted by molar-refractivity contribution is 9.10. The van der Waals surface area contributed by atoms with E-state index in [1.807, 2.05) is 0 Å². The van der Waals surface area contributed by atoms with Gasteiger partial charge in [0.15, 0.2) is 5.78 Å². The molecule has 6 nitrogen and oxygen atoms in total. The second-order valence-corrected chi connectivity index (χ2v) is 5.57. The van der Waals surface area contributed by atoms with Crippen LogP contribution in [0.4, 0.5) is 11.4 Å². The van der Waals surface area contributed by atoms with Crippen molar-refractivity contribution in [2.24, 2.45) is 0 Å². The van der Waals surface area contributed by atoms with Crippen molar-refractivity contribution in [1.82, 2.24) is 0 Å². The number of Topliss-reactive ketones (excluding diaryl/α,β-unsaturated/α-hetero) is 1. The third-order valence-electron chi connectivity index (χ3n) is 3.08. The van der Waals surface area contributed by atoms with Crippen molar-refractivity contribution in [1.29, 1.82) is 0 Å². The average Bonchev–Trinajstić information content (AvgIpc) is 2.54. The molecule has 1 N–H and O–H groups in total. The highest BCUT2D eigenvalue weighted by Gasteiger charge is 2.16. The first kappa shape index (κ1) is 17.0. The molecule has 2 aromatic rings. The van der Waals surface area contributed by atoms with E-state index in [4.69, 9.17) is 4.74 Å². The van der Waals surface area contributed by atoms with Gasteiger partial charge in [-0.05, 0) is 31.2 Å². The summed E-state index contributed by atoms with van der Waals surface area (Å²) in [7, 11) is 0. The normalized spacial score (nSPS) is 10.2. The predicted molar refractivity (Wildman–Crippen MR) is 91.2 cm³/mol. The number of nitrogens with zero attached hydrogens (tertiary/aromatic N) is 1. The number of nitrogens with one attached hydrogen (secondary N) is 1. The summed E-state index contributed by atoms with van der Waals surface area (Å²) in [6.07, 6.45) is 0. The molecule has 0 atom stereocenters. The summed E-state index contributed by atoms with van der Waals surface area (Å²) in [4.78, 5) is 22.8. The highest BCUT2D eigenvalue weighted by Crippen LogP contribution is 2.29. The van der Waals surface area contributed by atoms with Gasteiger partial charge in [0.2, 0.25) is 0 Å². The van der Waals surface area contributed by atoms with E-state index >= 15 is 0 Å². The lowest BCUT2D eigenvalue weighted by Crippen LogP contribution is -2.14. The van der Waals surface area contributed by atoms with E-state index in [1.54, 1.807) is 37.3 Å². The lowest BCUT2D eigenvalue weighted by molar-refractivity contribution is -0.384. The van der Waals surface area contributed by atoms with Crippen LogP contribution in [0.15, 0.2) is 46.9 Å². The molecule has 0 spiro atoms. The number of nitro benzene ring substituents is 1. The number of ketones is 1. The van der Waals surface area contributed by atoms with Gasteiger partial charge < -0.3 is 10.1 Å². The molecule has 0 saturated heterocycles. The van der Waals surface area contributed by atoms with Gasteiger partial charge in [-0.15, -0.1) is 0 Å². The van der Waals surface area contributed by atoms with Crippen LogP contribution in [0, 0.1) is 10.1 Å². The third-order valence-corrected chi connectivity index (χ3v) is 3.61. The molecule has 0 radical (unpaired) electrons. The summed E-state index contributed by atoms with van der Waals surface area (Å²) in [6, 6.07) is 11.4. The molecular weight excluding hydrogens is 364 g/mol. The molecule has 7 heteroatoms. The smallest absolute Gasteiger partial charge is 0.296 e. The molecular formula is C16H15BrN2O4. The number of carbonyl (C=O) groups excluding carboxylic acids is 1. The minimum atomic E-state index is -0.505. The van der Waals surface area contributed by atoms with Gasteiger partial charge in [0.05, 0.1) is 24.1 Å². The van der Waals surface area contributed by atoms with Gasteiger partial charge in [-0.2, -0.15) is 0 Å². The van der Waals surface area contributed by atoms with Crippen LogP contribution < -0.4 is 10.1 Å². The monoisotopic (exact) mass is 378 g/mol. The standard InChI is InChI=1S/C16H15BrN2O4/c1-2-23-13-7-8-14(15(9-13)19(21)22)18-10-16(20)11-3-5-12(17)6-4-11/h3-9,18H,2,10H2,1H3. The first-order valence-electron chi connectivity index (χ1n) is 6.95. The number of halogens is 1. The van der Waals surface area contributed by atoms with Gasteiger partial charge in [0.25, 0.3) is 5.69 Å². The predicted octanol–water partition coefficient (Wildman–Crippen LogP) is 4.05. The zero-order valence-corrected chi connectivity index (χ0v) is 14.0. The minimum absolute atomic E-state index is 0.0313. The Morgan fingerprint density at radius 3 is 2.57 bits per heavy atom. The Labute approximate surface area is 141 Å². The summed E-state index contributed by atoms with van der Waals surface area (Å²) in [5.41, 5.74) is 0.692. The first-order chi connectivity index (χ1) is 11.0. The van der Waals surface area contributed by atoms with E-state index in [2.05, 4.69) is 21.2 Å². The Morgan fingerprint density at radius 1 is 1.26 bits per heavy atom. The van der Waals surface area contributed by atoms with E-state index in [9.17, 15) is 14.9 Å². The molecule has 2 rings (SSSR count). The Kier molecular flexibility index (Phi) is 5.70. The zero-order valence-electron chi connectivity index (χ0n) is 12.4. The van der Waals surface area contributed by atoms with Crippen molar-refractivity contribution in [3.8, 4) is 5.75 Å². The Balaban J connectivity index is 2.11. The molecule has 23 heavy (non-hydrogen) atoms. The maximum absolute atomic E-state index is 12.1. The first-order valence-corrected chi connectivity index (χ1v) is 7.74. The molecule has 0 aromatic heterocycles. The number of rotatable bonds is 7. The summed E-state index contributed by atoms with van der Waals surface area (Å²) in [5.74, 6) is 0.268. The highest BCUT2D eigenvalue weighted by atomic mass is 79.9. The van der Waals surface area contributed by atoms with Crippen LogP contribution >= 0.6 is 15.9 Å². The van der Waals surface area contributed by atoms with Crippen molar-refractivity contribution in [2.45, 2.75) is 6.92 Å². The number of carbonyl (C=O) groups is 1. The van der Waals surface area contributed by atoms with Gasteiger partial charge in [-0.25, -0.2) is 0 Å². The van der Waals surface area contributed by atoms with Crippen LogP contribution in [0.25, 0.3) is 0 Å². The van der Waals surface area contributed by atoms with Crippen molar-refractivity contribution in [3.63, 3.8) is 0 Å². The SMILES string of the molecule is CCOc1ccc(NCC(=O)c2ccc(Br)cc2)c([N+](=O)[O-])c1. The molecule has 0 fully saturated rings. The lowest BCUT2D eigenvalue weighted by atomic mass is 10.1. The minimum Gasteiger partial charge on any atom is -0.494 e. The number of nitro groups is 1. The topological polar surface area (TPSA) is 81.5 Å². The van der Waals surface area contributed by atoms with Gasteiger partial charge in [0, 0.05) is 10.0 Å². The molecule has 0 unspecified atom stereocenters. The van der Waals surface area contributed by atoms with E-state index in [-0.39, 0.29) is 23.7 Å². The van der Waals surface area contributed by atoms with Crippen molar-refractivity contribution >= 4 is 33.1 Å². The molecule has 2 aromatic carbocycles. The van der Waals surface area contributed by atoms with Crippen LogP contribution in [0.3, 0.4) is 0 Å². The third kappa shape index (κ3) is 4.53. The fourth-order valence-corrected chi connectivity index (χ4v) is 2.25. The largest absolute Gasteiger partial charge is 0.494 e. The Bertz CT molecular complexity index is 717. The second-order valence-electron chi connectivity index (χ2n) is 4.65. The molecule has 0 aliphatic carbocycles. The van der Waals surface area contributed by atoms with Crippen LogP contribution in [0.1, 0.15) is 17.3 Å². The number of hydrogen-bond donors (Lipinski definition) is 1. The molecule has 0 bridgehead atoms. The zero-order chi connectivity index (χ0) is 16.8. The Morgan fingerprint density at radius 2 is 1.96 bits per heavy atom. The number of anilines is 1. The van der Waals surface area contributed by atoms with Gasteiger partial charge >= 0.3 is 0 Å². The fourth-order valence-electron chi connectivity index (χ4n) is 1.98. The molecule has 0 heterocycles. The number of benzene rings is 2. The number of ether oxygens (including phenoxy) is 1. The van der Waals surface area contributed by atoms with Crippen LogP contribution in [-0.4, -0.2) is 23.9 Å². The summed E-state index contributed by atoms with van der Waals surface area (Å²) in [5, 5.41) is 14.0. The van der Waals surface area contributed by atoms with Gasteiger partial charge in [-0.3, -0.25) is 14.9 Å². The maximum Gasteiger partial charge on any atom is 0.296 e. The van der Waals surface area contributed by atoms with Crippen LogP contribution in [0.2, 0.25) is 0 Å². The molecule has 120 valence electrons. The van der Waals surface area contributed by atoms with Crippen molar-refractivity contribution in [2.75, 3.05) is 18.5 Å². The van der Waals surface area contributed by atoms with Crippen molar-refractivity contribution < 1.29 is 14.5 Å². The number of hydrogen-bond acceptors (Lipinski definition) is 5. The van der Waals surface area contributed by atoms with E-state index in [1.165, 1.54) is 12.1 Å². The van der Waals surface area contributed by atoms with E-state index in [0.717, 1.165) is 4.47 Å². The Hall–Kier alpha value is -2.41. The van der Waals surface area contributed by atoms with E-state index in [0.29, 0.717) is 17.9 Å². The molecule has 0 aliphatic heterocycles. The summed E-state index contributed by atoms with van der Waals surface area (Å²) < 4.78 is 6.13. The second kappa shape index (κ2) is 7.73. The molecule has 0 saturated carbocycles. The lowest BCUT2D eigenvalue weighted by Gasteiger charge is -2.09. The van der Waals surface area contributed by atoms with Gasteiger partial charge in [0.1, 0.15) is 11.4 Å². The summed E-state index contributed by atoms with van der Waals surface area (Å²) >= 11 is 3.30. The fraction of sp³-hybridized carbons (Fsp3) is 0.188. The summed E-state index contributed by atoms with van der Waals surface area (Å²) in [6.45, 7) is 2.19. The van der Waals surface area contributed by atoms with Crippen LogP contribution in [-0.2, 0) is 0 Å². The molecule has 0 amide bonds. The quantitative estimate of drug-likeness (QED) is 0.446. The van der Waals surface area contributed by atoms with Crippen molar-refractivity contribution in [3.05, 3.63) is 62.6 Å². The average molecular weight is 379 g/mol. The molecule has 0 aliphatic rings. The van der Waals surface area contributed by atoms with E-state index < -0.39 is 4.92 Å². The van der Waals surface area contributed by atoms with Crippen LogP contribution in [0.5, 0.6) is 5.75 Å². The van der Waals surface area contributed by atoms with Gasteiger partial charge in [-0.1, -0.05) is 28.1 Å². The maximum atomic E-state index is 12.1.